The van der Waals surface area contributed by atoms with Crippen LogP contribution in [0.2, 0.25) is 0 Å². The van der Waals surface area contributed by atoms with Crippen molar-refractivity contribution in [1.29, 1.82) is 0 Å². The molecule has 0 atom stereocenters. The largest absolute Gasteiger partial charge is 0.355 e. The molecule has 1 aromatic heterocycles. The Hall–Kier alpha value is -1.12. The molecule has 116 valence electrons. The van der Waals surface area contributed by atoms with E-state index in [1.807, 2.05) is 0 Å². The molecule has 1 saturated heterocycles. The third kappa shape index (κ3) is 3.96. The van der Waals surface area contributed by atoms with Crippen LogP contribution in [-0.2, 0) is 14.8 Å². The van der Waals surface area contributed by atoms with Crippen molar-refractivity contribution in [1.82, 2.24) is 14.6 Å². The summed E-state index contributed by atoms with van der Waals surface area (Å²) in [6, 6.07) is 3.14. The Labute approximate surface area is 130 Å². The zero-order valence-corrected chi connectivity index (χ0v) is 13.3. The Balaban J connectivity index is 1.96. The number of aromatic nitrogens is 1. The summed E-state index contributed by atoms with van der Waals surface area (Å²) in [5.41, 5.74) is 0. The highest BCUT2D eigenvalue weighted by Crippen LogP contribution is 2.23. The molecule has 0 radical (unpaired) electrons. The second-order valence-corrected chi connectivity index (χ2v) is 7.27. The summed E-state index contributed by atoms with van der Waals surface area (Å²) in [4.78, 5) is 15.9. The minimum atomic E-state index is -3.50. The lowest BCUT2D eigenvalue weighted by molar-refractivity contribution is -0.125. The van der Waals surface area contributed by atoms with Crippen molar-refractivity contribution in [2.45, 2.75) is 17.7 Å². The predicted molar refractivity (Wildman–Crippen MR) is 82.6 cm³/mol. The summed E-state index contributed by atoms with van der Waals surface area (Å²) in [7, 11) is -3.50. The van der Waals surface area contributed by atoms with E-state index in [0.717, 1.165) is 0 Å². The second kappa shape index (κ2) is 7.24. The monoisotopic (exact) mass is 329 g/mol. The first-order valence-electron chi connectivity index (χ1n) is 6.84. The molecule has 8 heteroatoms. The lowest BCUT2D eigenvalue weighted by Crippen LogP contribution is -2.43. The molecular formula is C13H19N3O3S2. The molecule has 0 unspecified atom stereocenters. The number of pyridine rings is 1. The highest BCUT2D eigenvalue weighted by Gasteiger charge is 2.31. The van der Waals surface area contributed by atoms with Crippen LogP contribution in [0.5, 0.6) is 0 Å². The van der Waals surface area contributed by atoms with Gasteiger partial charge in [-0.3, -0.25) is 9.78 Å². The number of rotatable bonds is 5. The molecule has 0 spiro atoms. The van der Waals surface area contributed by atoms with Gasteiger partial charge in [-0.2, -0.15) is 16.9 Å². The Morgan fingerprint density at radius 2 is 2.14 bits per heavy atom. The number of hydrogen-bond donors (Lipinski definition) is 2. The minimum Gasteiger partial charge on any atom is -0.355 e. The molecular weight excluding hydrogens is 310 g/mol. The number of carbonyl (C=O) groups excluding carboxylic acids is 1. The summed E-state index contributed by atoms with van der Waals surface area (Å²) in [6.45, 7) is 1.25. The van der Waals surface area contributed by atoms with Crippen LogP contribution in [-0.4, -0.2) is 49.0 Å². The molecule has 1 aliphatic rings. The number of nitrogens with zero attached hydrogens (tertiary/aromatic N) is 2. The van der Waals surface area contributed by atoms with E-state index in [2.05, 4.69) is 22.9 Å². The molecule has 0 bridgehead atoms. The summed E-state index contributed by atoms with van der Waals surface area (Å²) < 4.78 is 26.2. The molecule has 2 heterocycles. The van der Waals surface area contributed by atoms with Crippen molar-refractivity contribution >= 4 is 28.6 Å². The van der Waals surface area contributed by atoms with Crippen LogP contribution in [0.3, 0.4) is 0 Å². The van der Waals surface area contributed by atoms with Gasteiger partial charge in [0.25, 0.3) is 0 Å². The number of hydrogen-bond acceptors (Lipinski definition) is 5. The van der Waals surface area contributed by atoms with Crippen molar-refractivity contribution in [2.75, 3.05) is 25.4 Å². The minimum absolute atomic E-state index is 0.0116. The number of amides is 1. The van der Waals surface area contributed by atoms with E-state index in [0.29, 0.717) is 38.2 Å². The molecule has 2 rings (SSSR count). The first-order chi connectivity index (χ1) is 10.1. The van der Waals surface area contributed by atoms with E-state index in [9.17, 15) is 13.2 Å². The molecule has 1 aromatic rings. The van der Waals surface area contributed by atoms with Crippen LogP contribution in [0, 0.1) is 5.92 Å². The van der Waals surface area contributed by atoms with Crippen LogP contribution in [0.1, 0.15) is 12.8 Å². The van der Waals surface area contributed by atoms with Gasteiger partial charge in [0, 0.05) is 43.7 Å². The van der Waals surface area contributed by atoms with Crippen molar-refractivity contribution in [3.8, 4) is 0 Å². The average Bonchev–Trinajstić information content (AvgIpc) is 2.53. The van der Waals surface area contributed by atoms with Crippen LogP contribution in [0.15, 0.2) is 29.4 Å². The lowest BCUT2D eigenvalue weighted by Gasteiger charge is -2.30. The van der Waals surface area contributed by atoms with Gasteiger partial charge < -0.3 is 5.32 Å². The molecule has 1 amide bonds. The Bertz CT molecular complexity index is 570. The van der Waals surface area contributed by atoms with Crippen molar-refractivity contribution in [2.24, 2.45) is 5.92 Å². The van der Waals surface area contributed by atoms with Crippen LogP contribution >= 0.6 is 12.6 Å². The topological polar surface area (TPSA) is 79.4 Å². The predicted octanol–water partition coefficient (Wildman–Crippen LogP) is 0.528. The average molecular weight is 329 g/mol. The fourth-order valence-electron chi connectivity index (χ4n) is 2.33. The molecule has 0 saturated carbocycles. The van der Waals surface area contributed by atoms with Crippen molar-refractivity contribution < 1.29 is 13.2 Å². The molecule has 21 heavy (non-hydrogen) atoms. The van der Waals surface area contributed by atoms with Gasteiger partial charge in [-0.15, -0.1) is 0 Å². The maximum atomic E-state index is 12.4. The van der Waals surface area contributed by atoms with Gasteiger partial charge in [0.1, 0.15) is 4.90 Å². The molecule has 1 aliphatic heterocycles. The first kappa shape index (κ1) is 16.3. The van der Waals surface area contributed by atoms with Crippen LogP contribution in [0.4, 0.5) is 0 Å². The van der Waals surface area contributed by atoms with Crippen LogP contribution < -0.4 is 5.32 Å². The fourth-order valence-corrected chi connectivity index (χ4v) is 3.88. The van der Waals surface area contributed by atoms with Crippen molar-refractivity contribution in [3.05, 3.63) is 24.5 Å². The Morgan fingerprint density at radius 1 is 1.43 bits per heavy atom. The van der Waals surface area contributed by atoms with E-state index in [-0.39, 0.29) is 16.7 Å². The SMILES string of the molecule is O=C(NCCS)C1CCN(S(=O)(=O)c2cccnc2)CC1. The highest BCUT2D eigenvalue weighted by molar-refractivity contribution is 7.89. The Morgan fingerprint density at radius 3 is 2.71 bits per heavy atom. The van der Waals surface area contributed by atoms with Gasteiger partial charge in [0.05, 0.1) is 0 Å². The Kier molecular flexibility index (Phi) is 5.60. The van der Waals surface area contributed by atoms with Gasteiger partial charge in [-0.25, -0.2) is 8.42 Å². The van der Waals surface area contributed by atoms with Gasteiger partial charge in [-0.05, 0) is 25.0 Å². The summed E-state index contributed by atoms with van der Waals surface area (Å²) in [5, 5.41) is 2.79. The molecule has 0 aliphatic carbocycles. The van der Waals surface area contributed by atoms with Crippen LogP contribution in [0.25, 0.3) is 0 Å². The highest BCUT2D eigenvalue weighted by atomic mass is 32.2. The van der Waals surface area contributed by atoms with E-state index >= 15 is 0 Å². The second-order valence-electron chi connectivity index (χ2n) is 4.88. The van der Waals surface area contributed by atoms with Gasteiger partial charge in [-0.1, -0.05) is 0 Å². The van der Waals surface area contributed by atoms with Gasteiger partial charge in [0.2, 0.25) is 15.9 Å². The first-order valence-corrected chi connectivity index (χ1v) is 8.91. The zero-order chi connectivity index (χ0) is 15.3. The molecule has 6 nitrogen and oxygen atoms in total. The fraction of sp³-hybridized carbons (Fsp3) is 0.538. The molecule has 0 aromatic carbocycles. The zero-order valence-electron chi connectivity index (χ0n) is 11.6. The number of thiol groups is 1. The van der Waals surface area contributed by atoms with E-state index in [1.165, 1.54) is 22.8 Å². The number of nitrogens with one attached hydrogen (secondary N) is 1. The quantitative estimate of drug-likeness (QED) is 0.772. The molecule has 1 fully saturated rings. The van der Waals surface area contributed by atoms with Gasteiger partial charge in [0.15, 0.2) is 0 Å². The van der Waals surface area contributed by atoms with E-state index in [4.69, 9.17) is 0 Å². The standard InChI is InChI=1S/C13H19N3O3S2/c17-13(15-6-9-20)11-3-7-16(8-4-11)21(18,19)12-2-1-5-14-10-12/h1-2,5,10-11,20H,3-4,6-9H2,(H,15,17). The van der Waals surface area contributed by atoms with E-state index in [1.54, 1.807) is 6.07 Å². The lowest BCUT2D eigenvalue weighted by atomic mass is 9.97. The summed E-state index contributed by atoms with van der Waals surface area (Å²) in [6.07, 6.45) is 3.97. The number of carbonyl (C=O) groups is 1. The summed E-state index contributed by atoms with van der Waals surface area (Å²) >= 11 is 4.04. The molecule has 1 N–H and O–H groups in total. The maximum Gasteiger partial charge on any atom is 0.244 e. The normalized spacial score (nSPS) is 17.6. The van der Waals surface area contributed by atoms with E-state index < -0.39 is 10.0 Å². The third-order valence-electron chi connectivity index (χ3n) is 3.51. The van der Waals surface area contributed by atoms with Crippen molar-refractivity contribution in [3.63, 3.8) is 0 Å². The number of sulfonamides is 1. The summed E-state index contributed by atoms with van der Waals surface area (Å²) in [5.74, 6) is 0.465. The third-order valence-corrected chi connectivity index (χ3v) is 5.61. The number of piperidine rings is 1. The van der Waals surface area contributed by atoms with Gasteiger partial charge >= 0.3 is 0 Å². The maximum absolute atomic E-state index is 12.4. The smallest absolute Gasteiger partial charge is 0.244 e.